The number of aromatic nitrogens is 2. The van der Waals surface area contributed by atoms with Crippen molar-refractivity contribution in [3.05, 3.63) is 65.7 Å². The molecular weight excluding hydrogens is 372 g/mol. The van der Waals surface area contributed by atoms with Crippen molar-refractivity contribution in [2.24, 2.45) is 5.92 Å². The van der Waals surface area contributed by atoms with Crippen molar-refractivity contribution < 1.29 is 9.59 Å². The number of anilines is 1. The Hall–Kier alpha value is -3.06. The van der Waals surface area contributed by atoms with Gasteiger partial charge in [-0.1, -0.05) is 36.4 Å². The molecule has 1 fully saturated rings. The number of pyridine rings is 1. The zero-order valence-electron chi connectivity index (χ0n) is 15.4. The fourth-order valence-electron chi connectivity index (χ4n) is 3.36. The summed E-state index contributed by atoms with van der Waals surface area (Å²) in [5.74, 6) is -0.538. The van der Waals surface area contributed by atoms with Crippen LogP contribution in [0.3, 0.4) is 0 Å². The highest BCUT2D eigenvalue weighted by atomic mass is 32.1. The van der Waals surface area contributed by atoms with E-state index in [-0.39, 0.29) is 30.2 Å². The van der Waals surface area contributed by atoms with E-state index >= 15 is 0 Å². The zero-order valence-corrected chi connectivity index (χ0v) is 16.2. The number of rotatable bonds is 5. The molecule has 3 heterocycles. The van der Waals surface area contributed by atoms with Crippen molar-refractivity contribution in [3.63, 3.8) is 0 Å². The van der Waals surface area contributed by atoms with E-state index in [2.05, 4.69) is 15.3 Å². The maximum atomic E-state index is 12.7. The molecule has 2 atom stereocenters. The minimum Gasteiger partial charge on any atom is -0.335 e. The van der Waals surface area contributed by atoms with Crippen LogP contribution in [0.5, 0.6) is 0 Å². The summed E-state index contributed by atoms with van der Waals surface area (Å²) in [6.45, 7) is 2.41. The molecule has 4 rings (SSSR count). The van der Waals surface area contributed by atoms with E-state index in [1.54, 1.807) is 11.1 Å². The highest BCUT2D eigenvalue weighted by Crippen LogP contribution is 2.30. The van der Waals surface area contributed by atoms with Crippen LogP contribution in [-0.4, -0.2) is 33.2 Å². The van der Waals surface area contributed by atoms with Crippen LogP contribution >= 0.6 is 11.3 Å². The summed E-state index contributed by atoms with van der Waals surface area (Å²) in [6.07, 6.45) is 1.93. The Balaban J connectivity index is 1.41. The Morgan fingerprint density at radius 2 is 1.96 bits per heavy atom. The predicted molar refractivity (Wildman–Crippen MR) is 109 cm³/mol. The van der Waals surface area contributed by atoms with Crippen molar-refractivity contribution in [1.82, 2.24) is 14.9 Å². The summed E-state index contributed by atoms with van der Waals surface area (Å²) >= 11 is 1.35. The molecule has 2 amide bonds. The highest BCUT2D eigenvalue weighted by Gasteiger charge is 2.37. The van der Waals surface area contributed by atoms with Crippen molar-refractivity contribution in [1.29, 1.82) is 0 Å². The van der Waals surface area contributed by atoms with E-state index in [9.17, 15) is 9.59 Å². The number of likely N-dealkylation sites (tertiary alicyclic amines) is 1. The molecule has 3 aromatic rings. The van der Waals surface area contributed by atoms with Gasteiger partial charge in [-0.3, -0.25) is 14.6 Å². The molecule has 142 valence electrons. The van der Waals surface area contributed by atoms with Crippen LogP contribution in [0.1, 0.15) is 24.9 Å². The van der Waals surface area contributed by atoms with Crippen molar-refractivity contribution >= 4 is 28.3 Å². The van der Waals surface area contributed by atoms with Gasteiger partial charge in [0, 0.05) is 24.5 Å². The number of amides is 2. The number of hydrogen-bond donors (Lipinski definition) is 1. The molecule has 7 heteroatoms. The van der Waals surface area contributed by atoms with E-state index in [1.807, 2.05) is 60.8 Å². The van der Waals surface area contributed by atoms with E-state index < -0.39 is 0 Å². The Bertz CT molecular complexity index is 974. The maximum absolute atomic E-state index is 12.7. The van der Waals surface area contributed by atoms with Gasteiger partial charge in [-0.2, -0.15) is 0 Å². The SMILES string of the molecule is CC(c1ccccc1)N1CC(C(=O)Nc2nc(-c3ccccn3)cs2)CC1=O. The van der Waals surface area contributed by atoms with E-state index in [0.717, 1.165) is 17.0 Å². The average molecular weight is 392 g/mol. The van der Waals surface area contributed by atoms with Gasteiger partial charge in [0.1, 0.15) is 5.69 Å². The number of benzene rings is 1. The molecule has 1 aliphatic rings. The highest BCUT2D eigenvalue weighted by molar-refractivity contribution is 7.14. The topological polar surface area (TPSA) is 75.2 Å². The van der Waals surface area contributed by atoms with E-state index in [1.165, 1.54) is 11.3 Å². The summed E-state index contributed by atoms with van der Waals surface area (Å²) in [4.78, 5) is 35.6. The smallest absolute Gasteiger partial charge is 0.231 e. The lowest BCUT2D eigenvalue weighted by Crippen LogP contribution is -2.30. The normalized spacial score (nSPS) is 17.5. The molecule has 1 aliphatic heterocycles. The number of nitrogens with one attached hydrogen (secondary N) is 1. The van der Waals surface area contributed by atoms with E-state index in [4.69, 9.17) is 0 Å². The third-order valence-corrected chi connectivity index (χ3v) is 5.70. The van der Waals surface area contributed by atoms with Crippen LogP contribution in [0, 0.1) is 5.92 Å². The molecule has 0 aliphatic carbocycles. The monoisotopic (exact) mass is 392 g/mol. The molecule has 0 bridgehead atoms. The summed E-state index contributed by atoms with van der Waals surface area (Å²) < 4.78 is 0. The van der Waals surface area contributed by atoms with Crippen LogP contribution in [0.4, 0.5) is 5.13 Å². The Kier molecular flexibility index (Phi) is 5.16. The number of nitrogens with zero attached hydrogens (tertiary/aromatic N) is 3. The van der Waals surface area contributed by atoms with Crippen LogP contribution in [0.2, 0.25) is 0 Å². The van der Waals surface area contributed by atoms with Crippen LogP contribution in [-0.2, 0) is 9.59 Å². The third-order valence-electron chi connectivity index (χ3n) is 4.94. The number of carbonyl (C=O) groups is 2. The van der Waals surface area contributed by atoms with Crippen LogP contribution < -0.4 is 5.32 Å². The second kappa shape index (κ2) is 7.90. The summed E-state index contributed by atoms with van der Waals surface area (Å²) in [5, 5.41) is 5.24. The molecule has 1 aromatic carbocycles. The molecule has 28 heavy (non-hydrogen) atoms. The van der Waals surface area contributed by atoms with Gasteiger partial charge in [-0.05, 0) is 24.6 Å². The Morgan fingerprint density at radius 3 is 2.71 bits per heavy atom. The molecule has 0 saturated carbocycles. The fraction of sp³-hybridized carbons (Fsp3) is 0.238. The standard InChI is InChI=1S/C21H20N4O2S/c1-14(15-7-3-2-4-8-15)25-12-16(11-19(25)26)20(27)24-21-23-18(13-28-21)17-9-5-6-10-22-17/h2-10,13-14,16H,11-12H2,1H3,(H,23,24,27). The van der Waals surface area contributed by atoms with E-state index in [0.29, 0.717) is 11.7 Å². The van der Waals surface area contributed by atoms with Crippen molar-refractivity contribution in [2.45, 2.75) is 19.4 Å². The molecular formula is C21H20N4O2S. The first kappa shape index (κ1) is 18.3. The van der Waals surface area contributed by atoms with Gasteiger partial charge >= 0.3 is 0 Å². The summed E-state index contributed by atoms with van der Waals surface area (Å²) in [7, 11) is 0. The fourth-order valence-corrected chi connectivity index (χ4v) is 4.07. The molecule has 2 aromatic heterocycles. The molecule has 0 spiro atoms. The second-order valence-corrected chi connectivity index (χ2v) is 7.63. The van der Waals surface area contributed by atoms with Gasteiger partial charge in [0.25, 0.3) is 0 Å². The molecule has 2 unspecified atom stereocenters. The van der Waals surface area contributed by atoms with Crippen LogP contribution in [0.25, 0.3) is 11.4 Å². The summed E-state index contributed by atoms with van der Waals surface area (Å²) in [5.41, 5.74) is 2.55. The molecule has 1 N–H and O–H groups in total. The predicted octanol–water partition coefficient (Wildman–Crippen LogP) is 3.75. The van der Waals surface area contributed by atoms with Gasteiger partial charge < -0.3 is 10.2 Å². The largest absolute Gasteiger partial charge is 0.335 e. The minimum atomic E-state index is -0.374. The molecule has 6 nitrogen and oxygen atoms in total. The van der Waals surface area contributed by atoms with Crippen molar-refractivity contribution in [3.8, 4) is 11.4 Å². The second-order valence-electron chi connectivity index (χ2n) is 6.78. The first-order chi connectivity index (χ1) is 13.6. The van der Waals surface area contributed by atoms with Gasteiger partial charge in [0.2, 0.25) is 11.8 Å². The lowest BCUT2D eigenvalue weighted by Gasteiger charge is -2.25. The maximum Gasteiger partial charge on any atom is 0.231 e. The van der Waals surface area contributed by atoms with Gasteiger partial charge in [0.15, 0.2) is 5.13 Å². The number of thiazole rings is 1. The first-order valence-electron chi connectivity index (χ1n) is 9.14. The Morgan fingerprint density at radius 1 is 1.18 bits per heavy atom. The lowest BCUT2D eigenvalue weighted by atomic mass is 10.1. The third kappa shape index (κ3) is 3.80. The molecule has 0 radical (unpaired) electrons. The van der Waals surface area contributed by atoms with Gasteiger partial charge in [-0.15, -0.1) is 11.3 Å². The van der Waals surface area contributed by atoms with Crippen LogP contribution in [0.15, 0.2) is 60.1 Å². The zero-order chi connectivity index (χ0) is 19.5. The molecule has 1 saturated heterocycles. The van der Waals surface area contributed by atoms with Gasteiger partial charge in [-0.25, -0.2) is 4.98 Å². The average Bonchev–Trinajstić information content (AvgIpc) is 3.35. The lowest BCUT2D eigenvalue weighted by molar-refractivity contribution is -0.129. The van der Waals surface area contributed by atoms with Crippen molar-refractivity contribution in [2.75, 3.05) is 11.9 Å². The Labute approximate surface area is 167 Å². The number of carbonyl (C=O) groups excluding carboxylic acids is 2. The van der Waals surface area contributed by atoms with Gasteiger partial charge in [0.05, 0.1) is 17.7 Å². The summed E-state index contributed by atoms with van der Waals surface area (Å²) in [6, 6.07) is 15.4. The number of hydrogen-bond acceptors (Lipinski definition) is 5. The first-order valence-corrected chi connectivity index (χ1v) is 10.0. The quantitative estimate of drug-likeness (QED) is 0.717. The minimum absolute atomic E-state index is 0.00446.